The van der Waals surface area contributed by atoms with E-state index in [9.17, 15) is 19.2 Å². The normalized spacial score (nSPS) is 16.8. The second-order valence-corrected chi connectivity index (χ2v) is 14.9. The van der Waals surface area contributed by atoms with Gasteiger partial charge < -0.3 is 33.6 Å². The monoisotopic (exact) mass is 725 g/mol. The van der Waals surface area contributed by atoms with Crippen LogP contribution in [-0.2, 0) is 25.4 Å². The minimum Gasteiger partial charge on any atom is -0.493 e. The molecule has 2 aliphatic rings. The molecule has 1 atom stereocenters. The number of likely N-dealkylation sites (tertiary alicyclic amines) is 2. The summed E-state index contributed by atoms with van der Waals surface area (Å²) < 4.78 is 38.2. The number of carbonyl (C=O) groups excluding carboxylic acids is 4. The molecule has 0 spiro atoms. The summed E-state index contributed by atoms with van der Waals surface area (Å²) in [5.41, 5.74) is 1.47. The highest BCUT2D eigenvalue weighted by atomic mass is 19.1. The first-order chi connectivity index (χ1) is 24.6. The number of hydrogen-bond acceptors (Lipinski definition) is 8. The zero-order valence-corrected chi connectivity index (χ0v) is 32.1. The first-order valence-electron chi connectivity index (χ1n) is 18.5. The number of benzene rings is 2. The molecule has 0 radical (unpaired) electrons. The van der Waals surface area contributed by atoms with Crippen LogP contribution < -0.4 is 4.74 Å². The highest BCUT2D eigenvalue weighted by Gasteiger charge is 2.35. The fourth-order valence-electron chi connectivity index (χ4n) is 6.93. The lowest BCUT2D eigenvalue weighted by Crippen LogP contribution is -2.54. The molecule has 1 unspecified atom stereocenters. The van der Waals surface area contributed by atoms with E-state index in [1.54, 1.807) is 35.1 Å². The van der Waals surface area contributed by atoms with Crippen LogP contribution in [0.1, 0.15) is 107 Å². The average molecular weight is 726 g/mol. The zero-order chi connectivity index (χ0) is 38.2. The maximum absolute atomic E-state index is 15.8. The number of methoxy groups -OCH3 is 1. The van der Waals surface area contributed by atoms with E-state index in [4.69, 9.17) is 18.9 Å². The molecule has 2 fully saturated rings. The van der Waals surface area contributed by atoms with Gasteiger partial charge in [0.05, 0.1) is 12.6 Å². The lowest BCUT2D eigenvalue weighted by atomic mass is 9.93. The molecule has 0 aromatic heterocycles. The maximum Gasteiger partial charge on any atom is 0.410 e. The van der Waals surface area contributed by atoms with Crippen LogP contribution in [0, 0.1) is 5.82 Å². The van der Waals surface area contributed by atoms with E-state index in [-0.39, 0.29) is 48.1 Å². The summed E-state index contributed by atoms with van der Waals surface area (Å²) in [5, 5.41) is 0. The number of carbonyl (C=O) groups is 4. The Hall–Kier alpha value is -4.19. The van der Waals surface area contributed by atoms with Gasteiger partial charge in [0.25, 0.3) is 11.8 Å². The zero-order valence-electron chi connectivity index (χ0n) is 32.1. The largest absolute Gasteiger partial charge is 0.493 e. The molecule has 3 amide bonds. The topological polar surface area (TPSA) is 115 Å². The van der Waals surface area contributed by atoms with Crippen LogP contribution in [0.3, 0.4) is 0 Å². The number of rotatable bonds is 12. The van der Waals surface area contributed by atoms with E-state index >= 15 is 4.39 Å². The van der Waals surface area contributed by atoms with E-state index in [1.807, 2.05) is 46.4 Å². The lowest BCUT2D eigenvalue weighted by molar-refractivity contribution is -0.148. The Morgan fingerprint density at radius 3 is 2.29 bits per heavy atom. The van der Waals surface area contributed by atoms with Crippen LogP contribution in [0.2, 0.25) is 0 Å². The summed E-state index contributed by atoms with van der Waals surface area (Å²) >= 11 is 0. The summed E-state index contributed by atoms with van der Waals surface area (Å²) in [5.74, 6) is -0.986. The standard InChI is InChI=1S/C40H56FN3O8/c1-9-28-22-34(33-23-29(13-14-35(33)41)37(46)42-18-15-31(16-19-42)51-27(4)45)36(50-21-11-20-49-8)24-32(28)38(47)44(26(2)3)30-12-10-17-43(25-30)39(48)52-40(5,6)7/h13-14,22-24,26,30-31H,9-12,15-21,25H2,1-8H3. The molecule has 11 nitrogen and oxygen atoms in total. The van der Waals surface area contributed by atoms with Crippen molar-refractivity contribution in [3.8, 4) is 16.9 Å². The summed E-state index contributed by atoms with van der Waals surface area (Å²) in [6.07, 6.45) is 2.94. The minimum atomic E-state index is -0.634. The number of amides is 3. The van der Waals surface area contributed by atoms with Crippen LogP contribution in [0.15, 0.2) is 30.3 Å². The Balaban J connectivity index is 1.69. The average Bonchev–Trinajstić information content (AvgIpc) is 3.09. The Morgan fingerprint density at radius 1 is 0.962 bits per heavy atom. The molecule has 2 aliphatic heterocycles. The minimum absolute atomic E-state index is 0.175. The van der Waals surface area contributed by atoms with Crippen molar-refractivity contribution in [1.29, 1.82) is 0 Å². The van der Waals surface area contributed by atoms with Crippen molar-refractivity contribution in [2.45, 2.75) is 111 Å². The molecule has 0 N–H and O–H groups in total. The van der Waals surface area contributed by atoms with E-state index in [0.717, 1.165) is 12.8 Å². The summed E-state index contributed by atoms with van der Waals surface area (Å²) in [4.78, 5) is 57.8. The van der Waals surface area contributed by atoms with Crippen molar-refractivity contribution >= 4 is 23.9 Å². The maximum atomic E-state index is 15.8. The van der Waals surface area contributed by atoms with Gasteiger partial charge in [-0.05, 0) is 89.8 Å². The van der Waals surface area contributed by atoms with Crippen LogP contribution in [0.5, 0.6) is 5.75 Å². The van der Waals surface area contributed by atoms with Gasteiger partial charge in [-0.25, -0.2) is 9.18 Å². The molecular formula is C40H56FN3O8. The predicted molar refractivity (Wildman–Crippen MR) is 196 cm³/mol. The SMILES string of the molecule is CCc1cc(-c2cc(C(=O)N3CCC(OC(C)=O)CC3)ccc2F)c(OCCCOC)cc1C(=O)N(C(C)C)C1CCCN(C(=O)OC(C)(C)C)C1. The van der Waals surface area contributed by atoms with Gasteiger partial charge in [-0.1, -0.05) is 6.92 Å². The van der Waals surface area contributed by atoms with Crippen LogP contribution >= 0.6 is 0 Å². The Bertz CT molecular complexity index is 1580. The molecule has 2 aromatic carbocycles. The van der Waals surface area contributed by atoms with Gasteiger partial charge >= 0.3 is 12.1 Å². The molecule has 52 heavy (non-hydrogen) atoms. The van der Waals surface area contributed by atoms with Gasteiger partial charge in [0.15, 0.2) is 0 Å². The quantitative estimate of drug-likeness (QED) is 0.172. The molecule has 2 aromatic rings. The Kier molecular flexibility index (Phi) is 14.1. The first-order valence-corrected chi connectivity index (χ1v) is 18.5. The smallest absolute Gasteiger partial charge is 0.410 e. The van der Waals surface area contributed by atoms with Gasteiger partial charge in [-0.15, -0.1) is 0 Å². The second kappa shape index (κ2) is 18.0. The molecule has 0 aliphatic carbocycles. The number of piperidine rings is 2. The summed E-state index contributed by atoms with van der Waals surface area (Å²) in [7, 11) is 1.60. The van der Waals surface area contributed by atoms with Crippen molar-refractivity contribution in [2.75, 3.05) is 46.5 Å². The van der Waals surface area contributed by atoms with Crippen LogP contribution in [0.25, 0.3) is 11.1 Å². The van der Waals surface area contributed by atoms with E-state index in [1.165, 1.54) is 19.1 Å². The Morgan fingerprint density at radius 2 is 1.67 bits per heavy atom. The number of aryl methyl sites for hydroxylation is 1. The second-order valence-electron chi connectivity index (χ2n) is 14.9. The highest BCUT2D eigenvalue weighted by Crippen LogP contribution is 2.37. The lowest BCUT2D eigenvalue weighted by Gasteiger charge is -2.42. The fraction of sp³-hybridized carbons (Fsp3) is 0.600. The van der Waals surface area contributed by atoms with Crippen molar-refractivity contribution in [3.05, 3.63) is 52.8 Å². The third-order valence-corrected chi connectivity index (χ3v) is 9.36. The van der Waals surface area contributed by atoms with Crippen LogP contribution in [-0.4, -0.2) is 109 Å². The molecule has 0 bridgehead atoms. The number of hydrogen-bond donors (Lipinski definition) is 0. The van der Waals surface area contributed by atoms with E-state index in [0.29, 0.717) is 86.5 Å². The molecule has 4 rings (SSSR count). The summed E-state index contributed by atoms with van der Waals surface area (Å²) in [6.45, 7) is 15.2. The number of nitrogens with zero attached hydrogens (tertiary/aromatic N) is 3. The first kappa shape index (κ1) is 40.6. The Labute approximate surface area is 307 Å². The van der Waals surface area contributed by atoms with Crippen molar-refractivity contribution in [2.24, 2.45) is 0 Å². The van der Waals surface area contributed by atoms with Crippen LogP contribution in [0.4, 0.5) is 9.18 Å². The van der Waals surface area contributed by atoms with Crippen molar-refractivity contribution < 1.29 is 42.5 Å². The molecule has 2 saturated heterocycles. The van der Waals surface area contributed by atoms with Gasteiger partial charge in [0, 0.05) is 94.4 Å². The number of ether oxygens (including phenoxy) is 4. The van der Waals surface area contributed by atoms with Gasteiger partial charge in [0.1, 0.15) is 23.3 Å². The number of halogens is 1. The number of esters is 1. The molecule has 286 valence electrons. The highest BCUT2D eigenvalue weighted by molar-refractivity contribution is 5.99. The van der Waals surface area contributed by atoms with Gasteiger partial charge in [-0.2, -0.15) is 0 Å². The van der Waals surface area contributed by atoms with Gasteiger partial charge in [0.2, 0.25) is 0 Å². The third-order valence-electron chi connectivity index (χ3n) is 9.36. The molecule has 12 heteroatoms. The fourth-order valence-corrected chi connectivity index (χ4v) is 6.93. The van der Waals surface area contributed by atoms with E-state index < -0.39 is 17.5 Å². The molecular weight excluding hydrogens is 669 g/mol. The predicted octanol–water partition coefficient (Wildman–Crippen LogP) is 6.89. The van der Waals surface area contributed by atoms with E-state index in [2.05, 4.69) is 0 Å². The molecule has 2 heterocycles. The van der Waals surface area contributed by atoms with Crippen molar-refractivity contribution in [1.82, 2.24) is 14.7 Å². The summed E-state index contributed by atoms with van der Waals surface area (Å²) in [6, 6.07) is 7.38. The van der Waals surface area contributed by atoms with Gasteiger partial charge in [-0.3, -0.25) is 14.4 Å². The third kappa shape index (κ3) is 10.5. The molecule has 0 saturated carbocycles. The van der Waals surface area contributed by atoms with Crippen molar-refractivity contribution in [3.63, 3.8) is 0 Å².